The lowest BCUT2D eigenvalue weighted by atomic mass is 10.2. The molecule has 0 aliphatic heterocycles. The molecule has 0 saturated heterocycles. The molecular weight excluding hydrogens is 234 g/mol. The first-order valence-electron chi connectivity index (χ1n) is 6.06. The van der Waals surface area contributed by atoms with Crippen molar-refractivity contribution < 1.29 is 10.0 Å². The summed E-state index contributed by atoms with van der Waals surface area (Å²) in [6.45, 7) is 3.28. The summed E-state index contributed by atoms with van der Waals surface area (Å²) in [5, 5.41) is 25.8. The highest BCUT2D eigenvalue weighted by atomic mass is 16.6. The number of benzene rings is 1. The molecule has 0 spiro atoms. The molecule has 3 N–H and O–H groups in total. The molecule has 0 bridgehead atoms. The van der Waals surface area contributed by atoms with Crippen LogP contribution in [0.1, 0.15) is 19.8 Å². The highest BCUT2D eigenvalue weighted by Crippen LogP contribution is 2.32. The maximum atomic E-state index is 11.1. The zero-order chi connectivity index (χ0) is 13.4. The fourth-order valence-electron chi connectivity index (χ4n) is 1.68. The fraction of sp³-hybridized carbons (Fsp3) is 0.500. The highest BCUT2D eigenvalue weighted by Gasteiger charge is 2.18. The van der Waals surface area contributed by atoms with Crippen molar-refractivity contribution >= 4 is 17.1 Å². The molecule has 6 heteroatoms. The van der Waals surface area contributed by atoms with Crippen LogP contribution < -0.4 is 10.6 Å². The first-order valence-corrected chi connectivity index (χ1v) is 6.06. The van der Waals surface area contributed by atoms with E-state index in [-0.39, 0.29) is 17.2 Å². The number of nitrogens with zero attached hydrogens (tertiary/aromatic N) is 1. The number of nitrogens with one attached hydrogen (secondary N) is 2. The standard InChI is InChI=1S/C12H19N3O3/c1-2-13-10-6-5-7-11(12(10)15(17)18)14-8-3-4-9-16/h5-7,13-14,16H,2-4,8-9H2,1H3. The van der Waals surface area contributed by atoms with Crippen LogP contribution >= 0.6 is 0 Å². The molecular formula is C12H19N3O3. The van der Waals surface area contributed by atoms with Crippen molar-refractivity contribution in [3.05, 3.63) is 28.3 Å². The van der Waals surface area contributed by atoms with Gasteiger partial charge in [0.05, 0.1) is 4.92 Å². The van der Waals surface area contributed by atoms with E-state index in [4.69, 9.17) is 5.11 Å². The van der Waals surface area contributed by atoms with E-state index in [1.54, 1.807) is 18.2 Å². The van der Waals surface area contributed by atoms with Crippen LogP contribution in [0.15, 0.2) is 18.2 Å². The lowest BCUT2D eigenvalue weighted by Crippen LogP contribution is -2.07. The van der Waals surface area contributed by atoms with Gasteiger partial charge in [-0.3, -0.25) is 10.1 Å². The summed E-state index contributed by atoms with van der Waals surface area (Å²) in [6.07, 6.45) is 1.47. The molecule has 1 rings (SSSR count). The quantitative estimate of drug-likeness (QED) is 0.375. The second-order valence-corrected chi connectivity index (χ2v) is 3.85. The van der Waals surface area contributed by atoms with Gasteiger partial charge in [-0.25, -0.2) is 0 Å². The smallest absolute Gasteiger partial charge is 0.315 e. The molecule has 18 heavy (non-hydrogen) atoms. The van der Waals surface area contributed by atoms with Crippen molar-refractivity contribution in [2.75, 3.05) is 30.3 Å². The molecule has 0 amide bonds. The van der Waals surface area contributed by atoms with Crippen LogP contribution in [-0.4, -0.2) is 29.7 Å². The van der Waals surface area contributed by atoms with E-state index in [0.717, 1.165) is 6.42 Å². The number of unbranched alkanes of at least 4 members (excludes halogenated alkanes) is 1. The summed E-state index contributed by atoms with van der Waals surface area (Å²) >= 11 is 0. The fourth-order valence-corrected chi connectivity index (χ4v) is 1.68. The Hall–Kier alpha value is -1.82. The SMILES string of the molecule is CCNc1cccc(NCCCCO)c1[N+](=O)[O-]. The predicted octanol–water partition coefficient (Wildman–Crippen LogP) is 2.21. The Labute approximate surface area is 106 Å². The summed E-state index contributed by atoms with van der Waals surface area (Å²) in [4.78, 5) is 10.7. The third kappa shape index (κ3) is 3.89. The Morgan fingerprint density at radius 3 is 2.50 bits per heavy atom. The van der Waals surface area contributed by atoms with Crippen molar-refractivity contribution in [3.8, 4) is 0 Å². The Balaban J connectivity index is 2.82. The number of hydrogen-bond acceptors (Lipinski definition) is 5. The summed E-state index contributed by atoms with van der Waals surface area (Å²) in [5.41, 5.74) is 1.11. The van der Waals surface area contributed by atoms with Crippen molar-refractivity contribution in [1.29, 1.82) is 0 Å². The van der Waals surface area contributed by atoms with Crippen molar-refractivity contribution in [2.24, 2.45) is 0 Å². The third-order valence-electron chi connectivity index (χ3n) is 2.49. The topological polar surface area (TPSA) is 87.4 Å². The number of rotatable bonds is 8. The van der Waals surface area contributed by atoms with Crippen LogP contribution in [0.5, 0.6) is 0 Å². The second kappa shape index (κ2) is 7.50. The van der Waals surface area contributed by atoms with Crippen LogP contribution in [0.25, 0.3) is 0 Å². The molecule has 100 valence electrons. The van der Waals surface area contributed by atoms with Crippen LogP contribution in [0, 0.1) is 10.1 Å². The minimum atomic E-state index is -0.383. The van der Waals surface area contributed by atoms with Gasteiger partial charge in [-0.05, 0) is 31.9 Å². The average molecular weight is 253 g/mol. The molecule has 6 nitrogen and oxygen atoms in total. The molecule has 0 atom stereocenters. The highest BCUT2D eigenvalue weighted by molar-refractivity contribution is 5.76. The van der Waals surface area contributed by atoms with Gasteiger partial charge in [0.15, 0.2) is 0 Å². The Morgan fingerprint density at radius 1 is 1.28 bits per heavy atom. The summed E-state index contributed by atoms with van der Waals surface area (Å²) in [6, 6.07) is 5.16. The van der Waals surface area contributed by atoms with Gasteiger partial charge in [-0.1, -0.05) is 6.07 Å². The predicted molar refractivity (Wildman–Crippen MR) is 72.1 cm³/mol. The molecule has 0 saturated carbocycles. The van der Waals surface area contributed by atoms with Crippen LogP contribution in [0.3, 0.4) is 0 Å². The van der Waals surface area contributed by atoms with Crippen molar-refractivity contribution in [1.82, 2.24) is 0 Å². The minimum absolute atomic E-state index is 0.0725. The molecule has 0 fully saturated rings. The van der Waals surface area contributed by atoms with Gasteiger partial charge in [0.2, 0.25) is 0 Å². The van der Waals surface area contributed by atoms with Crippen molar-refractivity contribution in [2.45, 2.75) is 19.8 Å². The monoisotopic (exact) mass is 253 g/mol. The maximum absolute atomic E-state index is 11.1. The van der Waals surface area contributed by atoms with Gasteiger partial charge in [-0.2, -0.15) is 0 Å². The molecule has 0 unspecified atom stereocenters. The molecule has 0 aliphatic carbocycles. The number of aliphatic hydroxyl groups excluding tert-OH is 1. The van der Waals surface area contributed by atoms with E-state index >= 15 is 0 Å². The van der Waals surface area contributed by atoms with Gasteiger partial charge in [0.25, 0.3) is 0 Å². The lowest BCUT2D eigenvalue weighted by molar-refractivity contribution is -0.383. The van der Waals surface area contributed by atoms with E-state index in [1.807, 2.05) is 6.92 Å². The number of hydrogen-bond donors (Lipinski definition) is 3. The van der Waals surface area contributed by atoms with Gasteiger partial charge in [0.1, 0.15) is 11.4 Å². The van der Waals surface area contributed by atoms with Crippen LogP contribution in [0.4, 0.5) is 17.1 Å². The number of para-hydroxylation sites is 1. The minimum Gasteiger partial charge on any atom is -0.396 e. The normalized spacial score (nSPS) is 10.1. The Bertz CT molecular complexity index is 396. The molecule has 1 aromatic rings. The van der Waals surface area contributed by atoms with E-state index in [1.165, 1.54) is 0 Å². The molecule has 1 aromatic carbocycles. The number of nitro benzene ring substituents is 1. The summed E-state index contributed by atoms with van der Waals surface area (Å²) in [5.74, 6) is 0. The molecule has 0 radical (unpaired) electrons. The van der Waals surface area contributed by atoms with Crippen LogP contribution in [0.2, 0.25) is 0 Å². The van der Waals surface area contributed by atoms with Gasteiger partial charge >= 0.3 is 5.69 Å². The van der Waals surface area contributed by atoms with Gasteiger partial charge in [-0.15, -0.1) is 0 Å². The second-order valence-electron chi connectivity index (χ2n) is 3.85. The maximum Gasteiger partial charge on any atom is 0.315 e. The van der Waals surface area contributed by atoms with E-state index < -0.39 is 0 Å². The number of aliphatic hydroxyl groups is 1. The lowest BCUT2D eigenvalue weighted by Gasteiger charge is -2.10. The molecule has 0 heterocycles. The Kier molecular flexibility index (Phi) is 5.93. The largest absolute Gasteiger partial charge is 0.396 e. The first-order chi connectivity index (χ1) is 8.70. The van der Waals surface area contributed by atoms with Gasteiger partial charge < -0.3 is 15.7 Å². The molecule has 0 aromatic heterocycles. The van der Waals surface area contributed by atoms with E-state index in [0.29, 0.717) is 30.9 Å². The number of anilines is 2. The zero-order valence-electron chi connectivity index (χ0n) is 10.5. The number of nitro groups is 1. The van der Waals surface area contributed by atoms with Crippen LogP contribution in [-0.2, 0) is 0 Å². The van der Waals surface area contributed by atoms with E-state index in [9.17, 15) is 10.1 Å². The first kappa shape index (κ1) is 14.2. The summed E-state index contributed by atoms with van der Waals surface area (Å²) < 4.78 is 0. The average Bonchev–Trinajstić information content (AvgIpc) is 2.35. The van der Waals surface area contributed by atoms with E-state index in [2.05, 4.69) is 10.6 Å². The van der Waals surface area contributed by atoms with Crippen molar-refractivity contribution in [3.63, 3.8) is 0 Å². The zero-order valence-corrected chi connectivity index (χ0v) is 10.5. The third-order valence-corrected chi connectivity index (χ3v) is 2.49. The van der Waals surface area contributed by atoms with Gasteiger partial charge in [0, 0.05) is 19.7 Å². The Morgan fingerprint density at radius 2 is 1.94 bits per heavy atom. The molecule has 0 aliphatic rings. The summed E-state index contributed by atoms with van der Waals surface area (Å²) in [7, 11) is 0.